The van der Waals surface area contributed by atoms with Crippen LogP contribution in [0, 0.1) is 5.41 Å². The molecule has 0 radical (unpaired) electrons. The van der Waals surface area contributed by atoms with Crippen molar-refractivity contribution in [2.45, 2.75) is 46.1 Å². The highest BCUT2D eigenvalue weighted by Gasteiger charge is 2.37. The van der Waals surface area contributed by atoms with Crippen molar-refractivity contribution in [1.82, 2.24) is 10.2 Å². The van der Waals surface area contributed by atoms with Gasteiger partial charge in [-0.25, -0.2) is 0 Å². The fraction of sp³-hybridized carbons (Fsp3) is 0.867. The van der Waals surface area contributed by atoms with E-state index in [0.29, 0.717) is 12.8 Å². The van der Waals surface area contributed by atoms with Crippen LogP contribution in [0.5, 0.6) is 0 Å². The smallest absolute Gasteiger partial charge is 0.310 e. The molecule has 0 bridgehead atoms. The summed E-state index contributed by atoms with van der Waals surface area (Å²) >= 11 is 0. The van der Waals surface area contributed by atoms with Crippen LogP contribution >= 0.6 is 0 Å². The van der Waals surface area contributed by atoms with Gasteiger partial charge >= 0.3 is 5.97 Å². The van der Waals surface area contributed by atoms with Gasteiger partial charge in [-0.3, -0.25) is 14.5 Å². The fourth-order valence-corrected chi connectivity index (χ4v) is 2.73. The molecule has 6 heteroatoms. The number of aliphatic carboxylic acids is 1. The minimum Gasteiger partial charge on any atom is -0.481 e. The number of carbonyl (C=O) groups is 2. The van der Waals surface area contributed by atoms with Crippen LogP contribution in [0.15, 0.2) is 0 Å². The fourth-order valence-electron chi connectivity index (χ4n) is 2.73. The van der Waals surface area contributed by atoms with E-state index in [2.05, 4.69) is 10.2 Å². The van der Waals surface area contributed by atoms with E-state index >= 15 is 0 Å². The Morgan fingerprint density at radius 1 is 1.29 bits per heavy atom. The monoisotopic (exact) mass is 300 g/mol. The van der Waals surface area contributed by atoms with E-state index in [4.69, 9.17) is 4.74 Å². The number of ether oxygens (including phenoxy) is 1. The highest BCUT2D eigenvalue weighted by molar-refractivity contribution is 5.85. The van der Waals surface area contributed by atoms with Crippen LogP contribution in [0.3, 0.4) is 0 Å². The summed E-state index contributed by atoms with van der Waals surface area (Å²) in [6.07, 6.45) is 0.969. The van der Waals surface area contributed by atoms with Crippen molar-refractivity contribution in [2.24, 2.45) is 5.41 Å². The lowest BCUT2D eigenvalue weighted by Gasteiger charge is -2.30. The van der Waals surface area contributed by atoms with Gasteiger partial charge in [0.1, 0.15) is 0 Å². The number of nitrogens with zero attached hydrogens (tertiary/aromatic N) is 1. The summed E-state index contributed by atoms with van der Waals surface area (Å²) in [6.45, 7) is 9.58. The Labute approximate surface area is 126 Å². The highest BCUT2D eigenvalue weighted by Crippen LogP contribution is 2.30. The maximum atomic E-state index is 12.1. The summed E-state index contributed by atoms with van der Waals surface area (Å²) in [5, 5.41) is 12.3. The molecule has 6 nitrogen and oxygen atoms in total. The molecule has 0 saturated carbocycles. The lowest BCUT2D eigenvalue weighted by atomic mass is 9.79. The molecule has 1 aliphatic rings. The van der Waals surface area contributed by atoms with Gasteiger partial charge < -0.3 is 15.2 Å². The lowest BCUT2D eigenvalue weighted by molar-refractivity contribution is -0.152. The Kier molecular flexibility index (Phi) is 7.11. The molecule has 1 rings (SSSR count). The summed E-state index contributed by atoms with van der Waals surface area (Å²) in [6, 6.07) is 0.0100. The molecule has 122 valence electrons. The second-order valence-electron chi connectivity index (χ2n) is 5.85. The van der Waals surface area contributed by atoms with Gasteiger partial charge in [0.2, 0.25) is 5.91 Å². The first-order valence-corrected chi connectivity index (χ1v) is 7.76. The summed E-state index contributed by atoms with van der Waals surface area (Å²) in [5.74, 6) is -1.06. The van der Waals surface area contributed by atoms with Crippen molar-refractivity contribution in [3.8, 4) is 0 Å². The van der Waals surface area contributed by atoms with Crippen molar-refractivity contribution in [1.29, 1.82) is 0 Å². The third kappa shape index (κ3) is 5.28. The number of hydrogen-bond acceptors (Lipinski definition) is 4. The van der Waals surface area contributed by atoms with Crippen molar-refractivity contribution < 1.29 is 19.4 Å². The molecule has 0 aliphatic carbocycles. The average Bonchev–Trinajstić information content (AvgIpc) is 2.45. The summed E-state index contributed by atoms with van der Waals surface area (Å²) < 4.78 is 5.29. The lowest BCUT2D eigenvalue weighted by Crippen LogP contribution is -2.47. The van der Waals surface area contributed by atoms with Crippen LogP contribution in [0.25, 0.3) is 0 Å². The minimum absolute atomic E-state index is 0.0100. The van der Waals surface area contributed by atoms with Crippen molar-refractivity contribution in [3.05, 3.63) is 0 Å². The first kappa shape index (κ1) is 17.9. The third-order valence-electron chi connectivity index (χ3n) is 4.35. The summed E-state index contributed by atoms with van der Waals surface area (Å²) in [5.41, 5.74) is -0.942. The predicted molar refractivity (Wildman–Crippen MR) is 80.1 cm³/mol. The first-order valence-electron chi connectivity index (χ1n) is 7.76. The molecule has 1 fully saturated rings. The zero-order valence-electron chi connectivity index (χ0n) is 13.4. The normalized spacial score (nSPS) is 18.2. The molecule has 1 aliphatic heterocycles. The molecule has 1 unspecified atom stereocenters. The van der Waals surface area contributed by atoms with Crippen LogP contribution in [0.2, 0.25) is 0 Å². The molecule has 0 spiro atoms. The van der Waals surface area contributed by atoms with Crippen LogP contribution in [0.4, 0.5) is 0 Å². The zero-order chi connectivity index (χ0) is 15.9. The Bertz CT molecular complexity index is 350. The quantitative estimate of drug-likeness (QED) is 0.702. The van der Waals surface area contributed by atoms with Crippen LogP contribution in [-0.2, 0) is 14.3 Å². The molecular weight excluding hydrogens is 272 g/mol. The van der Waals surface area contributed by atoms with Crippen molar-refractivity contribution in [3.63, 3.8) is 0 Å². The number of amides is 1. The van der Waals surface area contributed by atoms with Crippen LogP contribution in [0.1, 0.15) is 40.0 Å². The predicted octanol–water partition coefficient (Wildman–Crippen LogP) is 1.10. The Morgan fingerprint density at radius 3 is 2.33 bits per heavy atom. The van der Waals surface area contributed by atoms with Crippen molar-refractivity contribution in [2.75, 3.05) is 32.8 Å². The van der Waals surface area contributed by atoms with E-state index < -0.39 is 11.4 Å². The molecule has 2 N–H and O–H groups in total. The molecule has 21 heavy (non-hydrogen) atoms. The number of carboxylic acids is 1. The standard InChI is InChI=1S/C15H28N2O4/c1-4-15(5-2,14(19)20)10-13(18)16-12(3)11-17-6-8-21-9-7-17/h12H,4-11H2,1-3H3,(H,16,18)(H,19,20). The topological polar surface area (TPSA) is 78.9 Å². The molecule has 1 atom stereocenters. The van der Waals surface area contributed by atoms with Gasteiger partial charge in [-0.1, -0.05) is 13.8 Å². The Hall–Kier alpha value is -1.14. The Morgan fingerprint density at radius 2 is 1.86 bits per heavy atom. The van der Waals surface area contributed by atoms with Gasteiger partial charge in [0.15, 0.2) is 0 Å². The van der Waals surface area contributed by atoms with Crippen LogP contribution in [-0.4, -0.2) is 60.8 Å². The maximum Gasteiger partial charge on any atom is 0.310 e. The van der Waals surface area contributed by atoms with E-state index in [1.54, 1.807) is 0 Å². The van der Waals surface area contributed by atoms with E-state index in [9.17, 15) is 14.7 Å². The number of morpholine rings is 1. The second kappa shape index (κ2) is 8.34. The molecule has 1 amide bonds. The maximum absolute atomic E-state index is 12.1. The first-order chi connectivity index (χ1) is 9.93. The molecule has 1 heterocycles. The van der Waals surface area contributed by atoms with E-state index in [1.165, 1.54) is 0 Å². The number of carbonyl (C=O) groups excluding carboxylic acids is 1. The van der Waals surface area contributed by atoms with E-state index in [0.717, 1.165) is 32.8 Å². The summed E-state index contributed by atoms with van der Waals surface area (Å²) in [7, 11) is 0. The molecule has 1 saturated heterocycles. The van der Waals surface area contributed by atoms with E-state index in [-0.39, 0.29) is 18.4 Å². The number of carboxylic acid groups (broad SMARTS) is 1. The van der Waals surface area contributed by atoms with Gasteiger partial charge in [0.05, 0.1) is 18.6 Å². The zero-order valence-corrected chi connectivity index (χ0v) is 13.4. The van der Waals surface area contributed by atoms with Crippen molar-refractivity contribution >= 4 is 11.9 Å². The Balaban J connectivity index is 2.45. The third-order valence-corrected chi connectivity index (χ3v) is 4.35. The van der Waals surface area contributed by atoms with E-state index in [1.807, 2.05) is 20.8 Å². The minimum atomic E-state index is -0.942. The molecular formula is C15H28N2O4. The van der Waals surface area contributed by atoms with Gasteiger partial charge in [0, 0.05) is 32.1 Å². The van der Waals surface area contributed by atoms with Gasteiger partial charge in [-0.2, -0.15) is 0 Å². The molecule has 0 aromatic rings. The largest absolute Gasteiger partial charge is 0.481 e. The SMILES string of the molecule is CCC(CC)(CC(=O)NC(C)CN1CCOCC1)C(=O)O. The van der Waals surface area contributed by atoms with Gasteiger partial charge in [0.25, 0.3) is 0 Å². The second-order valence-corrected chi connectivity index (χ2v) is 5.85. The average molecular weight is 300 g/mol. The van der Waals surface area contributed by atoms with Crippen LogP contribution < -0.4 is 5.32 Å². The molecule has 0 aromatic heterocycles. The van der Waals surface area contributed by atoms with Gasteiger partial charge in [-0.15, -0.1) is 0 Å². The number of rotatable bonds is 8. The number of nitrogens with one attached hydrogen (secondary N) is 1. The molecule has 0 aromatic carbocycles. The van der Waals surface area contributed by atoms with Gasteiger partial charge in [-0.05, 0) is 19.8 Å². The highest BCUT2D eigenvalue weighted by atomic mass is 16.5. The number of hydrogen-bond donors (Lipinski definition) is 2. The summed E-state index contributed by atoms with van der Waals surface area (Å²) in [4.78, 5) is 25.8.